The SMILES string of the molecule is CCCC(NC(=O)CSCC(=O)O)c1ccccc1. The molecule has 1 aromatic rings. The molecule has 0 heterocycles. The van der Waals surface area contributed by atoms with Crippen LogP contribution in [0.4, 0.5) is 0 Å². The summed E-state index contributed by atoms with van der Waals surface area (Å²) >= 11 is 1.11. The summed E-state index contributed by atoms with van der Waals surface area (Å²) in [6.07, 6.45) is 1.85. The van der Waals surface area contributed by atoms with Crippen molar-refractivity contribution in [1.29, 1.82) is 0 Å². The first kappa shape index (κ1) is 15.6. The van der Waals surface area contributed by atoms with E-state index in [2.05, 4.69) is 12.2 Å². The smallest absolute Gasteiger partial charge is 0.313 e. The predicted molar refractivity (Wildman–Crippen MR) is 77.2 cm³/mol. The van der Waals surface area contributed by atoms with Crippen LogP contribution in [0.1, 0.15) is 31.4 Å². The molecular formula is C14H19NO3S. The first-order valence-electron chi connectivity index (χ1n) is 6.27. The number of benzene rings is 1. The molecule has 2 N–H and O–H groups in total. The maximum atomic E-state index is 11.8. The lowest BCUT2D eigenvalue weighted by molar-refractivity contribution is -0.133. The molecule has 0 radical (unpaired) electrons. The van der Waals surface area contributed by atoms with Gasteiger partial charge in [0.05, 0.1) is 17.5 Å². The van der Waals surface area contributed by atoms with Crippen molar-refractivity contribution >= 4 is 23.6 Å². The molecule has 0 aromatic heterocycles. The molecular weight excluding hydrogens is 262 g/mol. The maximum absolute atomic E-state index is 11.8. The van der Waals surface area contributed by atoms with Crippen molar-refractivity contribution in [3.8, 4) is 0 Å². The Morgan fingerprint density at radius 1 is 1.26 bits per heavy atom. The highest BCUT2D eigenvalue weighted by molar-refractivity contribution is 8.00. The molecule has 1 atom stereocenters. The molecule has 1 unspecified atom stereocenters. The van der Waals surface area contributed by atoms with E-state index in [9.17, 15) is 9.59 Å². The molecule has 1 amide bonds. The summed E-state index contributed by atoms with van der Waals surface area (Å²) in [5.41, 5.74) is 1.08. The van der Waals surface area contributed by atoms with Crippen molar-refractivity contribution in [3.63, 3.8) is 0 Å². The quantitative estimate of drug-likeness (QED) is 0.768. The highest BCUT2D eigenvalue weighted by Crippen LogP contribution is 2.18. The zero-order valence-corrected chi connectivity index (χ0v) is 11.8. The number of hydrogen-bond acceptors (Lipinski definition) is 3. The van der Waals surface area contributed by atoms with Crippen molar-refractivity contribution in [3.05, 3.63) is 35.9 Å². The van der Waals surface area contributed by atoms with Gasteiger partial charge in [0.1, 0.15) is 0 Å². The molecule has 0 bridgehead atoms. The summed E-state index contributed by atoms with van der Waals surface area (Å²) in [4.78, 5) is 22.1. The third-order valence-corrected chi connectivity index (χ3v) is 3.49. The zero-order valence-electron chi connectivity index (χ0n) is 11.0. The molecule has 0 aliphatic heterocycles. The molecule has 1 aromatic carbocycles. The van der Waals surface area contributed by atoms with Crippen LogP contribution in [0.3, 0.4) is 0 Å². The van der Waals surface area contributed by atoms with Crippen LogP contribution in [-0.2, 0) is 9.59 Å². The van der Waals surface area contributed by atoms with Gasteiger partial charge in [0.25, 0.3) is 0 Å². The van der Waals surface area contributed by atoms with Crippen LogP contribution in [0.5, 0.6) is 0 Å². The van der Waals surface area contributed by atoms with Gasteiger partial charge in [0.2, 0.25) is 5.91 Å². The van der Waals surface area contributed by atoms with Crippen molar-refractivity contribution in [1.82, 2.24) is 5.32 Å². The number of carbonyl (C=O) groups excluding carboxylic acids is 1. The lowest BCUT2D eigenvalue weighted by atomic mass is 10.0. The summed E-state index contributed by atoms with van der Waals surface area (Å²) < 4.78 is 0. The molecule has 0 fully saturated rings. The molecule has 5 heteroatoms. The Labute approximate surface area is 117 Å². The number of carboxylic acids is 1. The van der Waals surface area contributed by atoms with Crippen LogP contribution in [0.2, 0.25) is 0 Å². The molecule has 0 aliphatic carbocycles. The van der Waals surface area contributed by atoms with E-state index in [1.165, 1.54) is 0 Å². The summed E-state index contributed by atoms with van der Waals surface area (Å²) in [6, 6.07) is 9.82. The Hall–Kier alpha value is -1.49. The molecule has 4 nitrogen and oxygen atoms in total. The Balaban J connectivity index is 2.49. The largest absolute Gasteiger partial charge is 0.481 e. The fourth-order valence-electron chi connectivity index (χ4n) is 1.76. The van der Waals surface area contributed by atoms with E-state index in [1.54, 1.807) is 0 Å². The second-order valence-corrected chi connectivity index (χ2v) is 5.19. The van der Waals surface area contributed by atoms with Crippen LogP contribution in [0.25, 0.3) is 0 Å². The zero-order chi connectivity index (χ0) is 14.1. The fraction of sp³-hybridized carbons (Fsp3) is 0.429. The molecule has 0 aliphatic rings. The summed E-state index contributed by atoms with van der Waals surface area (Å²) in [5.74, 6) is -0.879. The summed E-state index contributed by atoms with van der Waals surface area (Å²) in [6.45, 7) is 2.07. The number of nitrogens with one attached hydrogen (secondary N) is 1. The van der Waals surface area contributed by atoms with E-state index in [0.717, 1.165) is 30.2 Å². The van der Waals surface area contributed by atoms with Gasteiger partial charge in [-0.25, -0.2) is 0 Å². The van der Waals surface area contributed by atoms with Crippen LogP contribution in [0, 0.1) is 0 Å². The highest BCUT2D eigenvalue weighted by atomic mass is 32.2. The third-order valence-electron chi connectivity index (χ3n) is 2.57. The normalized spacial score (nSPS) is 11.8. The van der Waals surface area contributed by atoms with Crippen LogP contribution in [-0.4, -0.2) is 28.5 Å². The fourth-order valence-corrected chi connectivity index (χ4v) is 2.31. The minimum atomic E-state index is -0.897. The predicted octanol–water partition coefficient (Wildman–Crippen LogP) is 2.46. The van der Waals surface area contributed by atoms with Gasteiger partial charge in [-0.2, -0.15) is 0 Å². The first-order chi connectivity index (χ1) is 9.13. The van der Waals surface area contributed by atoms with Gasteiger partial charge in [-0.1, -0.05) is 43.7 Å². The van der Waals surface area contributed by atoms with Crippen molar-refractivity contribution in [2.75, 3.05) is 11.5 Å². The molecule has 1 rings (SSSR count). The number of hydrogen-bond donors (Lipinski definition) is 2. The number of aliphatic carboxylic acids is 1. The number of carbonyl (C=O) groups is 2. The standard InChI is InChI=1S/C14H19NO3S/c1-2-6-12(11-7-4-3-5-8-11)15-13(16)9-19-10-14(17)18/h3-5,7-8,12H,2,6,9-10H2,1H3,(H,15,16)(H,17,18). The maximum Gasteiger partial charge on any atom is 0.313 e. The van der Waals surface area contributed by atoms with Gasteiger partial charge in [-0.05, 0) is 12.0 Å². The van der Waals surface area contributed by atoms with Crippen molar-refractivity contribution < 1.29 is 14.7 Å². The van der Waals surface area contributed by atoms with E-state index in [-0.39, 0.29) is 23.5 Å². The summed E-state index contributed by atoms with van der Waals surface area (Å²) in [5, 5.41) is 11.5. The number of carboxylic acid groups (broad SMARTS) is 1. The van der Waals surface area contributed by atoms with Crippen LogP contribution in [0.15, 0.2) is 30.3 Å². The van der Waals surface area contributed by atoms with E-state index in [0.29, 0.717) is 0 Å². The molecule has 0 saturated carbocycles. The average molecular weight is 281 g/mol. The van der Waals surface area contributed by atoms with Crippen LogP contribution >= 0.6 is 11.8 Å². The van der Waals surface area contributed by atoms with Crippen LogP contribution < -0.4 is 5.32 Å². The molecule has 0 saturated heterocycles. The Morgan fingerprint density at radius 2 is 1.95 bits per heavy atom. The third kappa shape index (κ3) is 6.29. The minimum Gasteiger partial charge on any atom is -0.481 e. The second-order valence-electron chi connectivity index (χ2n) is 4.21. The number of rotatable bonds is 8. The molecule has 0 spiro atoms. The van der Waals surface area contributed by atoms with E-state index < -0.39 is 5.97 Å². The van der Waals surface area contributed by atoms with Gasteiger partial charge < -0.3 is 10.4 Å². The van der Waals surface area contributed by atoms with Gasteiger partial charge >= 0.3 is 5.97 Å². The van der Waals surface area contributed by atoms with E-state index >= 15 is 0 Å². The topological polar surface area (TPSA) is 66.4 Å². The Bertz CT molecular complexity index is 408. The van der Waals surface area contributed by atoms with Gasteiger partial charge in [-0.15, -0.1) is 11.8 Å². The van der Waals surface area contributed by atoms with Crippen molar-refractivity contribution in [2.24, 2.45) is 0 Å². The highest BCUT2D eigenvalue weighted by Gasteiger charge is 2.13. The monoisotopic (exact) mass is 281 g/mol. The van der Waals surface area contributed by atoms with Crippen molar-refractivity contribution in [2.45, 2.75) is 25.8 Å². The number of amides is 1. The Morgan fingerprint density at radius 3 is 2.53 bits per heavy atom. The first-order valence-corrected chi connectivity index (χ1v) is 7.42. The van der Waals surface area contributed by atoms with E-state index in [4.69, 9.17) is 5.11 Å². The minimum absolute atomic E-state index is 0.00382. The van der Waals surface area contributed by atoms with Gasteiger partial charge in [0, 0.05) is 0 Å². The Kier molecular flexibility index (Phi) is 7.03. The number of thioether (sulfide) groups is 1. The average Bonchev–Trinajstić information content (AvgIpc) is 2.39. The summed E-state index contributed by atoms with van der Waals surface area (Å²) in [7, 11) is 0. The van der Waals surface area contributed by atoms with Gasteiger partial charge in [0.15, 0.2) is 0 Å². The molecule has 104 valence electrons. The second kappa shape index (κ2) is 8.58. The molecule has 19 heavy (non-hydrogen) atoms. The lowest BCUT2D eigenvalue weighted by Crippen LogP contribution is -2.30. The lowest BCUT2D eigenvalue weighted by Gasteiger charge is -2.18. The van der Waals surface area contributed by atoms with Gasteiger partial charge in [-0.3, -0.25) is 9.59 Å². The van der Waals surface area contributed by atoms with E-state index in [1.807, 2.05) is 30.3 Å².